The maximum atomic E-state index is 13.9. The second-order valence-electron chi connectivity index (χ2n) is 4.65. The summed E-state index contributed by atoms with van der Waals surface area (Å²) in [6.45, 7) is 2.76. The number of rotatable bonds is 6. The number of ether oxygens (including phenoxy) is 1. The molecule has 21 heavy (non-hydrogen) atoms. The van der Waals surface area contributed by atoms with Crippen LogP contribution >= 0.6 is 11.6 Å². The highest BCUT2D eigenvalue weighted by Crippen LogP contribution is 2.27. The maximum absolute atomic E-state index is 13.9. The Hall–Kier alpha value is -1.65. The van der Waals surface area contributed by atoms with Crippen LogP contribution in [-0.4, -0.2) is 18.6 Å². The number of hydrogen-bond donors (Lipinski definition) is 1. The Morgan fingerprint density at radius 1 is 1.38 bits per heavy atom. The SMILES string of the molecule is CCNC(Cc1cc(Cl)ccc1F)c1cccnc1OC. The number of benzene rings is 1. The van der Waals surface area contributed by atoms with Crippen LogP contribution in [0.2, 0.25) is 5.02 Å². The van der Waals surface area contributed by atoms with Gasteiger partial charge in [0.05, 0.1) is 7.11 Å². The number of nitrogens with zero attached hydrogens (tertiary/aromatic N) is 1. The Morgan fingerprint density at radius 2 is 2.19 bits per heavy atom. The summed E-state index contributed by atoms with van der Waals surface area (Å²) in [7, 11) is 1.58. The standard InChI is InChI=1S/C16H18ClFN2O/c1-3-19-15(13-5-4-8-20-16(13)21-2)10-11-9-12(17)6-7-14(11)18/h4-9,15,19H,3,10H2,1-2H3. The van der Waals surface area contributed by atoms with Gasteiger partial charge in [0.25, 0.3) is 0 Å². The van der Waals surface area contributed by atoms with Gasteiger partial charge < -0.3 is 10.1 Å². The first-order valence-electron chi connectivity index (χ1n) is 6.82. The topological polar surface area (TPSA) is 34.2 Å². The van der Waals surface area contributed by atoms with Crippen molar-refractivity contribution in [3.8, 4) is 5.88 Å². The lowest BCUT2D eigenvalue weighted by Crippen LogP contribution is -2.24. The molecule has 0 aliphatic carbocycles. The zero-order chi connectivity index (χ0) is 15.2. The Morgan fingerprint density at radius 3 is 2.90 bits per heavy atom. The van der Waals surface area contributed by atoms with Crippen molar-refractivity contribution in [2.75, 3.05) is 13.7 Å². The van der Waals surface area contributed by atoms with Crippen molar-refractivity contribution >= 4 is 11.6 Å². The van der Waals surface area contributed by atoms with Crippen molar-refractivity contribution in [1.29, 1.82) is 0 Å². The second-order valence-corrected chi connectivity index (χ2v) is 5.09. The molecule has 0 saturated heterocycles. The van der Waals surface area contributed by atoms with E-state index in [1.807, 2.05) is 19.1 Å². The lowest BCUT2D eigenvalue weighted by molar-refractivity contribution is 0.382. The number of aromatic nitrogens is 1. The molecular weight excluding hydrogens is 291 g/mol. The fourth-order valence-corrected chi connectivity index (χ4v) is 2.49. The van der Waals surface area contributed by atoms with Crippen molar-refractivity contribution < 1.29 is 9.13 Å². The number of methoxy groups -OCH3 is 1. The third kappa shape index (κ3) is 3.93. The predicted molar refractivity (Wildman–Crippen MR) is 82.3 cm³/mol. The zero-order valence-corrected chi connectivity index (χ0v) is 12.8. The Balaban J connectivity index is 2.33. The van der Waals surface area contributed by atoms with Gasteiger partial charge in [0.2, 0.25) is 5.88 Å². The van der Waals surface area contributed by atoms with Gasteiger partial charge in [0.1, 0.15) is 5.82 Å². The van der Waals surface area contributed by atoms with Crippen LogP contribution in [0, 0.1) is 5.82 Å². The fourth-order valence-electron chi connectivity index (χ4n) is 2.30. The summed E-state index contributed by atoms with van der Waals surface area (Å²) in [6, 6.07) is 8.28. The van der Waals surface area contributed by atoms with Gasteiger partial charge in [0, 0.05) is 22.8 Å². The van der Waals surface area contributed by atoms with E-state index in [4.69, 9.17) is 16.3 Å². The minimum Gasteiger partial charge on any atom is -0.481 e. The normalized spacial score (nSPS) is 12.2. The molecule has 1 N–H and O–H groups in total. The van der Waals surface area contributed by atoms with E-state index in [-0.39, 0.29) is 11.9 Å². The third-order valence-corrected chi connectivity index (χ3v) is 3.49. The van der Waals surface area contributed by atoms with Crippen LogP contribution in [0.3, 0.4) is 0 Å². The van der Waals surface area contributed by atoms with Gasteiger partial charge in [0.15, 0.2) is 0 Å². The highest BCUT2D eigenvalue weighted by molar-refractivity contribution is 6.30. The molecule has 0 aliphatic rings. The van der Waals surface area contributed by atoms with Crippen LogP contribution < -0.4 is 10.1 Å². The molecule has 0 fully saturated rings. The van der Waals surface area contributed by atoms with E-state index in [0.29, 0.717) is 22.9 Å². The zero-order valence-electron chi connectivity index (χ0n) is 12.1. The molecule has 5 heteroatoms. The average molecular weight is 309 g/mol. The van der Waals surface area contributed by atoms with E-state index in [0.717, 1.165) is 12.1 Å². The number of hydrogen-bond acceptors (Lipinski definition) is 3. The molecule has 0 aliphatic heterocycles. The highest BCUT2D eigenvalue weighted by Gasteiger charge is 2.18. The maximum Gasteiger partial charge on any atom is 0.217 e. The Labute approximate surface area is 129 Å². The summed E-state index contributed by atoms with van der Waals surface area (Å²) < 4.78 is 19.2. The van der Waals surface area contributed by atoms with E-state index in [9.17, 15) is 4.39 Å². The van der Waals surface area contributed by atoms with Crippen molar-refractivity contribution in [2.24, 2.45) is 0 Å². The second kappa shape index (κ2) is 7.38. The van der Waals surface area contributed by atoms with Crippen molar-refractivity contribution in [1.82, 2.24) is 10.3 Å². The molecule has 0 bridgehead atoms. The van der Waals surface area contributed by atoms with Crippen LogP contribution in [-0.2, 0) is 6.42 Å². The lowest BCUT2D eigenvalue weighted by Gasteiger charge is -2.20. The lowest BCUT2D eigenvalue weighted by atomic mass is 9.99. The molecule has 1 unspecified atom stereocenters. The van der Waals surface area contributed by atoms with Gasteiger partial charge in [-0.2, -0.15) is 0 Å². The van der Waals surface area contributed by atoms with Crippen LogP contribution in [0.1, 0.15) is 24.1 Å². The Bertz CT molecular complexity index is 607. The minimum atomic E-state index is -0.259. The number of halogens is 2. The molecule has 112 valence electrons. The van der Waals surface area contributed by atoms with E-state index < -0.39 is 0 Å². The molecule has 2 rings (SSSR count). The van der Waals surface area contributed by atoms with Crippen molar-refractivity contribution in [3.05, 3.63) is 58.5 Å². The Kier molecular flexibility index (Phi) is 5.53. The van der Waals surface area contributed by atoms with Crippen molar-refractivity contribution in [2.45, 2.75) is 19.4 Å². The smallest absolute Gasteiger partial charge is 0.217 e. The minimum absolute atomic E-state index is 0.0911. The van der Waals surface area contributed by atoms with Gasteiger partial charge in [-0.15, -0.1) is 0 Å². The molecule has 1 heterocycles. The van der Waals surface area contributed by atoms with Crippen molar-refractivity contribution in [3.63, 3.8) is 0 Å². The van der Waals surface area contributed by atoms with Crippen LogP contribution in [0.25, 0.3) is 0 Å². The first-order chi connectivity index (χ1) is 10.2. The van der Waals surface area contributed by atoms with Gasteiger partial charge in [-0.25, -0.2) is 9.37 Å². The number of likely N-dealkylation sites (N-methyl/N-ethyl adjacent to an activating group) is 1. The largest absolute Gasteiger partial charge is 0.481 e. The molecule has 1 aromatic carbocycles. The molecule has 0 spiro atoms. The van der Waals surface area contributed by atoms with Gasteiger partial charge >= 0.3 is 0 Å². The molecular formula is C16H18ClFN2O. The molecule has 1 atom stereocenters. The summed E-state index contributed by atoms with van der Waals surface area (Å²) in [5.41, 5.74) is 1.47. The molecule has 1 aromatic heterocycles. The third-order valence-electron chi connectivity index (χ3n) is 3.25. The van der Waals surface area contributed by atoms with Gasteiger partial charge in [-0.1, -0.05) is 24.6 Å². The summed E-state index contributed by atoms with van der Waals surface area (Å²) >= 11 is 5.96. The molecule has 0 radical (unpaired) electrons. The monoisotopic (exact) mass is 308 g/mol. The summed E-state index contributed by atoms with van der Waals surface area (Å²) in [4.78, 5) is 4.20. The molecule has 0 amide bonds. The van der Waals surface area contributed by atoms with E-state index in [1.54, 1.807) is 25.4 Å². The summed E-state index contributed by atoms with van der Waals surface area (Å²) in [5, 5.41) is 3.87. The highest BCUT2D eigenvalue weighted by atomic mass is 35.5. The average Bonchev–Trinajstić information content (AvgIpc) is 2.50. The quantitative estimate of drug-likeness (QED) is 0.882. The van der Waals surface area contributed by atoms with Crippen LogP contribution in [0.15, 0.2) is 36.5 Å². The first kappa shape index (κ1) is 15.7. The van der Waals surface area contributed by atoms with Crippen LogP contribution in [0.5, 0.6) is 5.88 Å². The summed E-state index contributed by atoms with van der Waals surface area (Å²) in [5.74, 6) is 0.288. The first-order valence-corrected chi connectivity index (χ1v) is 7.19. The fraction of sp³-hybridized carbons (Fsp3) is 0.312. The van der Waals surface area contributed by atoms with E-state index in [2.05, 4.69) is 10.3 Å². The predicted octanol–water partition coefficient (Wildman–Crippen LogP) is 3.78. The number of nitrogens with one attached hydrogen (secondary N) is 1. The number of pyridine rings is 1. The summed E-state index contributed by atoms with van der Waals surface area (Å²) in [6.07, 6.45) is 2.15. The molecule has 0 saturated carbocycles. The van der Waals surface area contributed by atoms with E-state index >= 15 is 0 Å². The molecule has 3 nitrogen and oxygen atoms in total. The van der Waals surface area contributed by atoms with Gasteiger partial charge in [-0.3, -0.25) is 0 Å². The van der Waals surface area contributed by atoms with Gasteiger partial charge in [-0.05, 0) is 42.8 Å². The van der Waals surface area contributed by atoms with E-state index in [1.165, 1.54) is 6.07 Å². The molecule has 2 aromatic rings. The van der Waals surface area contributed by atoms with Crippen LogP contribution in [0.4, 0.5) is 4.39 Å².